The van der Waals surface area contributed by atoms with Gasteiger partial charge in [0.15, 0.2) is 0 Å². The fraction of sp³-hybridized carbons (Fsp3) is 0.500. The van der Waals surface area contributed by atoms with E-state index in [9.17, 15) is 0 Å². The van der Waals surface area contributed by atoms with Gasteiger partial charge in [-0.15, -0.1) is 0 Å². The van der Waals surface area contributed by atoms with E-state index in [4.69, 9.17) is 16.6 Å². The zero-order valence-corrected chi connectivity index (χ0v) is 9.74. The van der Waals surface area contributed by atoms with E-state index in [1.807, 2.05) is 12.1 Å². The maximum Gasteiger partial charge on any atom is 0.0568 e. The van der Waals surface area contributed by atoms with Crippen LogP contribution in [-0.2, 0) is 0 Å². The normalized spacial score (nSPS) is 12.4. The molecule has 1 unspecified atom stereocenters. The van der Waals surface area contributed by atoms with Crippen LogP contribution < -0.4 is 16.8 Å². The van der Waals surface area contributed by atoms with E-state index in [0.717, 1.165) is 25.1 Å². The van der Waals surface area contributed by atoms with Crippen LogP contribution in [0.4, 0.5) is 17.1 Å². The standard InChI is InChI=1S/C12H21N3O/c1-2-9(5-6-16)8-15-10-3-4-11(13)12(14)7-10/h3-4,7,9,15-16H,2,5-6,8,13-14H2,1H3. The van der Waals surface area contributed by atoms with Crippen molar-refractivity contribution in [2.24, 2.45) is 5.92 Å². The lowest BCUT2D eigenvalue weighted by Gasteiger charge is -2.15. The molecule has 1 atom stereocenters. The fourth-order valence-corrected chi connectivity index (χ4v) is 1.58. The molecule has 4 heteroatoms. The quantitative estimate of drug-likeness (QED) is 0.553. The maximum atomic E-state index is 8.88. The first-order valence-corrected chi connectivity index (χ1v) is 5.67. The van der Waals surface area contributed by atoms with Gasteiger partial charge in [0.1, 0.15) is 0 Å². The summed E-state index contributed by atoms with van der Waals surface area (Å²) in [4.78, 5) is 0. The van der Waals surface area contributed by atoms with Crippen molar-refractivity contribution in [3.8, 4) is 0 Å². The van der Waals surface area contributed by atoms with Crippen molar-refractivity contribution >= 4 is 17.1 Å². The lowest BCUT2D eigenvalue weighted by molar-refractivity contribution is 0.258. The molecule has 1 aromatic rings. The molecule has 0 aliphatic rings. The Morgan fingerprint density at radius 3 is 2.62 bits per heavy atom. The highest BCUT2D eigenvalue weighted by Crippen LogP contribution is 2.20. The summed E-state index contributed by atoms with van der Waals surface area (Å²) in [6.45, 7) is 3.21. The number of anilines is 3. The first-order valence-electron chi connectivity index (χ1n) is 5.67. The van der Waals surface area contributed by atoms with E-state index in [1.165, 1.54) is 0 Å². The number of nitrogens with one attached hydrogen (secondary N) is 1. The average molecular weight is 223 g/mol. The van der Waals surface area contributed by atoms with Crippen molar-refractivity contribution in [3.63, 3.8) is 0 Å². The number of rotatable bonds is 6. The lowest BCUT2D eigenvalue weighted by atomic mass is 10.0. The van der Waals surface area contributed by atoms with Gasteiger partial charge in [-0.1, -0.05) is 13.3 Å². The van der Waals surface area contributed by atoms with E-state index in [0.29, 0.717) is 17.3 Å². The predicted molar refractivity (Wildman–Crippen MR) is 69.2 cm³/mol. The minimum atomic E-state index is 0.240. The van der Waals surface area contributed by atoms with Crippen LogP contribution in [-0.4, -0.2) is 18.3 Å². The van der Waals surface area contributed by atoms with Crippen molar-refractivity contribution in [3.05, 3.63) is 18.2 Å². The number of hydrogen-bond donors (Lipinski definition) is 4. The van der Waals surface area contributed by atoms with Crippen molar-refractivity contribution in [2.45, 2.75) is 19.8 Å². The Labute approximate surface area is 96.6 Å². The molecule has 1 rings (SSSR count). The summed E-state index contributed by atoms with van der Waals surface area (Å²) in [5.74, 6) is 0.490. The fourth-order valence-electron chi connectivity index (χ4n) is 1.58. The van der Waals surface area contributed by atoms with Gasteiger partial charge in [-0.2, -0.15) is 0 Å². The van der Waals surface area contributed by atoms with Crippen LogP contribution >= 0.6 is 0 Å². The summed E-state index contributed by atoms with van der Waals surface area (Å²) in [6.07, 6.45) is 1.88. The molecule has 1 aromatic carbocycles. The van der Waals surface area contributed by atoms with E-state index >= 15 is 0 Å². The average Bonchev–Trinajstić information content (AvgIpc) is 2.28. The van der Waals surface area contributed by atoms with Gasteiger partial charge in [-0.25, -0.2) is 0 Å². The summed E-state index contributed by atoms with van der Waals surface area (Å²) in [7, 11) is 0. The molecule has 0 saturated carbocycles. The molecular weight excluding hydrogens is 202 g/mol. The molecule has 0 spiro atoms. The van der Waals surface area contributed by atoms with Gasteiger partial charge in [0.05, 0.1) is 11.4 Å². The Kier molecular flexibility index (Phi) is 4.92. The third kappa shape index (κ3) is 3.62. The van der Waals surface area contributed by atoms with Crippen molar-refractivity contribution < 1.29 is 5.11 Å². The molecule has 16 heavy (non-hydrogen) atoms. The first-order chi connectivity index (χ1) is 7.67. The Hall–Kier alpha value is -1.42. The highest BCUT2D eigenvalue weighted by Gasteiger charge is 2.05. The Morgan fingerprint density at radius 1 is 1.31 bits per heavy atom. The van der Waals surface area contributed by atoms with E-state index in [2.05, 4.69) is 12.2 Å². The minimum Gasteiger partial charge on any atom is -0.397 e. The number of nitrogen functional groups attached to an aromatic ring is 2. The number of aliphatic hydroxyl groups excluding tert-OH is 1. The number of aliphatic hydroxyl groups is 1. The summed E-state index contributed by atoms with van der Waals surface area (Å²) in [5, 5.41) is 12.2. The second kappa shape index (κ2) is 6.23. The summed E-state index contributed by atoms with van der Waals surface area (Å²) >= 11 is 0. The molecule has 0 fully saturated rings. The second-order valence-electron chi connectivity index (χ2n) is 4.01. The molecule has 90 valence electrons. The Morgan fingerprint density at radius 2 is 2.06 bits per heavy atom. The zero-order chi connectivity index (χ0) is 12.0. The molecule has 0 aromatic heterocycles. The third-order valence-corrected chi connectivity index (χ3v) is 2.80. The van der Waals surface area contributed by atoms with Gasteiger partial charge in [-0.05, 0) is 30.5 Å². The van der Waals surface area contributed by atoms with Crippen LogP contribution in [0.2, 0.25) is 0 Å². The molecular formula is C12H21N3O. The van der Waals surface area contributed by atoms with Gasteiger partial charge in [0.25, 0.3) is 0 Å². The summed E-state index contributed by atoms with van der Waals surface area (Å²) in [5.41, 5.74) is 13.5. The lowest BCUT2D eigenvalue weighted by Crippen LogP contribution is -2.15. The third-order valence-electron chi connectivity index (χ3n) is 2.80. The predicted octanol–water partition coefficient (Wildman–Crippen LogP) is 1.67. The summed E-state index contributed by atoms with van der Waals surface area (Å²) < 4.78 is 0. The second-order valence-corrected chi connectivity index (χ2v) is 4.01. The monoisotopic (exact) mass is 223 g/mol. The Bertz CT molecular complexity index is 328. The maximum absolute atomic E-state index is 8.88. The van der Waals surface area contributed by atoms with Crippen LogP contribution in [0.1, 0.15) is 19.8 Å². The van der Waals surface area contributed by atoms with Crippen LogP contribution in [0.3, 0.4) is 0 Å². The van der Waals surface area contributed by atoms with Gasteiger partial charge >= 0.3 is 0 Å². The van der Waals surface area contributed by atoms with E-state index in [-0.39, 0.29) is 6.61 Å². The van der Waals surface area contributed by atoms with Crippen LogP contribution in [0, 0.1) is 5.92 Å². The highest BCUT2D eigenvalue weighted by atomic mass is 16.3. The first kappa shape index (κ1) is 12.6. The molecule has 6 N–H and O–H groups in total. The minimum absolute atomic E-state index is 0.240. The van der Waals surface area contributed by atoms with E-state index < -0.39 is 0 Å². The van der Waals surface area contributed by atoms with Gasteiger partial charge < -0.3 is 21.9 Å². The van der Waals surface area contributed by atoms with Gasteiger partial charge in [-0.3, -0.25) is 0 Å². The molecule has 0 amide bonds. The van der Waals surface area contributed by atoms with Crippen molar-refractivity contribution in [2.75, 3.05) is 29.9 Å². The molecule has 0 heterocycles. The molecule has 0 saturated heterocycles. The topological polar surface area (TPSA) is 84.3 Å². The van der Waals surface area contributed by atoms with E-state index in [1.54, 1.807) is 6.07 Å². The number of nitrogens with two attached hydrogens (primary N) is 2. The molecule has 0 aliphatic heterocycles. The molecule has 4 nitrogen and oxygen atoms in total. The largest absolute Gasteiger partial charge is 0.397 e. The number of benzene rings is 1. The smallest absolute Gasteiger partial charge is 0.0568 e. The highest BCUT2D eigenvalue weighted by molar-refractivity contribution is 5.69. The molecule has 0 bridgehead atoms. The zero-order valence-electron chi connectivity index (χ0n) is 9.74. The van der Waals surface area contributed by atoms with Crippen LogP contribution in [0.5, 0.6) is 0 Å². The van der Waals surface area contributed by atoms with Crippen LogP contribution in [0.15, 0.2) is 18.2 Å². The SMILES string of the molecule is CCC(CCO)CNc1ccc(N)c(N)c1. The van der Waals surface area contributed by atoms with Gasteiger partial charge in [0.2, 0.25) is 0 Å². The molecule has 0 aliphatic carbocycles. The Balaban J connectivity index is 2.50. The summed E-state index contributed by atoms with van der Waals surface area (Å²) in [6, 6.07) is 5.54. The number of hydrogen-bond acceptors (Lipinski definition) is 4. The van der Waals surface area contributed by atoms with Crippen molar-refractivity contribution in [1.82, 2.24) is 0 Å². The van der Waals surface area contributed by atoms with Gasteiger partial charge in [0, 0.05) is 18.8 Å². The van der Waals surface area contributed by atoms with Crippen LogP contribution in [0.25, 0.3) is 0 Å². The van der Waals surface area contributed by atoms with Crippen molar-refractivity contribution in [1.29, 1.82) is 0 Å². The molecule has 0 radical (unpaired) electrons.